The van der Waals surface area contributed by atoms with Crippen molar-refractivity contribution in [2.24, 2.45) is 0 Å². The molecule has 4 heteroatoms. The van der Waals surface area contributed by atoms with Crippen LogP contribution in [0, 0.1) is 6.92 Å². The van der Waals surface area contributed by atoms with E-state index in [4.69, 9.17) is 23.2 Å². The zero-order chi connectivity index (χ0) is 13.1. The predicted octanol–water partition coefficient (Wildman–Crippen LogP) is 4.25. The van der Waals surface area contributed by atoms with E-state index < -0.39 is 0 Å². The van der Waals surface area contributed by atoms with Crippen molar-refractivity contribution < 1.29 is 0 Å². The molecule has 0 atom stereocenters. The van der Waals surface area contributed by atoms with Crippen LogP contribution < -0.4 is 0 Å². The Morgan fingerprint density at radius 3 is 2.28 bits per heavy atom. The Morgan fingerprint density at radius 2 is 1.72 bits per heavy atom. The molecular formula is C14H14Cl2N2. The van der Waals surface area contributed by atoms with Crippen molar-refractivity contribution in [2.45, 2.75) is 26.7 Å². The van der Waals surface area contributed by atoms with Gasteiger partial charge in [0.05, 0.1) is 0 Å². The summed E-state index contributed by atoms with van der Waals surface area (Å²) >= 11 is 12.1. The number of hydrogen-bond donors (Lipinski definition) is 0. The summed E-state index contributed by atoms with van der Waals surface area (Å²) in [5.41, 5.74) is 3.08. The summed E-state index contributed by atoms with van der Waals surface area (Å²) in [6.45, 7) is 3.99. The minimum Gasteiger partial charge on any atom is -0.238 e. The van der Waals surface area contributed by atoms with Gasteiger partial charge >= 0.3 is 0 Å². The first-order valence-electron chi connectivity index (χ1n) is 5.86. The molecular weight excluding hydrogens is 267 g/mol. The first-order valence-corrected chi connectivity index (χ1v) is 6.62. The molecule has 1 heterocycles. The molecule has 18 heavy (non-hydrogen) atoms. The molecule has 0 saturated heterocycles. The number of rotatable bonds is 3. The van der Waals surface area contributed by atoms with Gasteiger partial charge in [0.2, 0.25) is 0 Å². The van der Waals surface area contributed by atoms with E-state index in [2.05, 4.69) is 9.97 Å². The second kappa shape index (κ2) is 5.68. The van der Waals surface area contributed by atoms with Crippen LogP contribution in [0.1, 0.15) is 29.6 Å². The van der Waals surface area contributed by atoms with Crippen LogP contribution in [0.4, 0.5) is 0 Å². The van der Waals surface area contributed by atoms with Crippen LogP contribution in [-0.4, -0.2) is 9.97 Å². The lowest BCUT2D eigenvalue weighted by atomic mass is 10.1. The van der Waals surface area contributed by atoms with Gasteiger partial charge in [0.1, 0.15) is 11.0 Å². The topological polar surface area (TPSA) is 25.8 Å². The molecule has 2 rings (SSSR count). The number of hydrogen-bond acceptors (Lipinski definition) is 2. The zero-order valence-corrected chi connectivity index (χ0v) is 11.9. The van der Waals surface area contributed by atoms with E-state index in [0.29, 0.717) is 5.15 Å². The normalized spacial score (nSPS) is 10.7. The van der Waals surface area contributed by atoms with Crippen LogP contribution in [-0.2, 0) is 12.8 Å². The summed E-state index contributed by atoms with van der Waals surface area (Å²) in [4.78, 5) is 8.74. The van der Waals surface area contributed by atoms with Crippen molar-refractivity contribution in [2.75, 3.05) is 0 Å². The lowest BCUT2D eigenvalue weighted by Crippen LogP contribution is -2.03. The molecule has 0 unspecified atom stereocenters. The Hall–Kier alpha value is -1.12. The molecule has 0 saturated carbocycles. The lowest BCUT2D eigenvalue weighted by molar-refractivity contribution is 0.893. The molecule has 94 valence electrons. The van der Waals surface area contributed by atoms with E-state index in [1.54, 1.807) is 0 Å². The van der Waals surface area contributed by atoms with Crippen LogP contribution in [0.25, 0.3) is 0 Å². The highest BCUT2D eigenvalue weighted by Crippen LogP contribution is 2.21. The highest BCUT2D eigenvalue weighted by molar-refractivity contribution is 6.30. The van der Waals surface area contributed by atoms with Gasteiger partial charge in [-0.05, 0) is 24.6 Å². The number of aryl methyl sites for hydroxylation is 2. The molecule has 0 N–H and O–H groups in total. The minimum atomic E-state index is 0.550. The molecule has 2 aromatic rings. The van der Waals surface area contributed by atoms with E-state index in [9.17, 15) is 0 Å². The molecule has 1 aromatic carbocycles. The zero-order valence-electron chi connectivity index (χ0n) is 10.4. The molecule has 2 nitrogen and oxygen atoms in total. The SMILES string of the molecule is CCc1nc(C)c(Cc2ccc(Cl)cc2)c(Cl)n1. The first-order chi connectivity index (χ1) is 8.60. The van der Waals surface area contributed by atoms with E-state index in [0.717, 1.165) is 40.5 Å². The number of aromatic nitrogens is 2. The van der Waals surface area contributed by atoms with Crippen molar-refractivity contribution in [1.29, 1.82) is 0 Å². The summed E-state index contributed by atoms with van der Waals surface area (Å²) in [7, 11) is 0. The van der Waals surface area contributed by atoms with Gasteiger partial charge in [0, 0.05) is 29.1 Å². The maximum absolute atomic E-state index is 6.22. The van der Waals surface area contributed by atoms with Gasteiger partial charge in [-0.15, -0.1) is 0 Å². The van der Waals surface area contributed by atoms with Gasteiger partial charge < -0.3 is 0 Å². The average molecular weight is 281 g/mol. The maximum Gasteiger partial charge on any atom is 0.136 e. The van der Waals surface area contributed by atoms with Crippen molar-refractivity contribution in [3.05, 3.63) is 57.1 Å². The standard InChI is InChI=1S/C14H14Cl2N2/c1-3-13-17-9(2)12(14(16)18-13)8-10-4-6-11(15)7-5-10/h4-7H,3,8H2,1-2H3. The van der Waals surface area contributed by atoms with Crippen molar-refractivity contribution in [1.82, 2.24) is 9.97 Å². The largest absolute Gasteiger partial charge is 0.238 e. The van der Waals surface area contributed by atoms with Crippen molar-refractivity contribution in [3.63, 3.8) is 0 Å². The fourth-order valence-electron chi connectivity index (χ4n) is 1.78. The summed E-state index contributed by atoms with van der Waals surface area (Å²) in [5, 5.41) is 1.29. The third-order valence-corrected chi connectivity index (χ3v) is 3.38. The lowest BCUT2D eigenvalue weighted by Gasteiger charge is -2.09. The summed E-state index contributed by atoms with van der Waals surface area (Å²) in [6, 6.07) is 7.74. The van der Waals surface area contributed by atoms with Gasteiger partial charge in [-0.25, -0.2) is 9.97 Å². The fraction of sp³-hybridized carbons (Fsp3) is 0.286. The Balaban J connectivity index is 2.31. The van der Waals surface area contributed by atoms with Gasteiger partial charge in [0.25, 0.3) is 0 Å². The molecule has 0 aliphatic rings. The molecule has 0 aliphatic carbocycles. The summed E-state index contributed by atoms with van der Waals surface area (Å²) in [6.07, 6.45) is 1.52. The van der Waals surface area contributed by atoms with Crippen LogP contribution in [0.15, 0.2) is 24.3 Å². The van der Waals surface area contributed by atoms with Crippen LogP contribution in [0.5, 0.6) is 0 Å². The number of nitrogens with zero attached hydrogens (tertiary/aromatic N) is 2. The van der Waals surface area contributed by atoms with E-state index in [-0.39, 0.29) is 0 Å². The minimum absolute atomic E-state index is 0.550. The highest BCUT2D eigenvalue weighted by Gasteiger charge is 2.10. The highest BCUT2D eigenvalue weighted by atomic mass is 35.5. The van der Waals surface area contributed by atoms with E-state index in [1.165, 1.54) is 0 Å². The molecule has 1 aromatic heterocycles. The molecule has 0 bridgehead atoms. The number of halogens is 2. The Bertz CT molecular complexity index is 527. The quantitative estimate of drug-likeness (QED) is 0.786. The predicted molar refractivity (Wildman–Crippen MR) is 75.4 cm³/mol. The Kier molecular flexibility index (Phi) is 4.20. The second-order valence-electron chi connectivity index (χ2n) is 4.15. The first kappa shape index (κ1) is 13.3. The molecule has 0 aliphatic heterocycles. The van der Waals surface area contributed by atoms with E-state index >= 15 is 0 Å². The van der Waals surface area contributed by atoms with Crippen LogP contribution >= 0.6 is 23.2 Å². The third kappa shape index (κ3) is 3.01. The fourth-order valence-corrected chi connectivity index (χ4v) is 2.21. The third-order valence-electron chi connectivity index (χ3n) is 2.82. The van der Waals surface area contributed by atoms with Crippen molar-refractivity contribution >= 4 is 23.2 Å². The van der Waals surface area contributed by atoms with E-state index in [1.807, 2.05) is 38.1 Å². The Labute approximate surface area is 117 Å². The molecule has 0 fully saturated rings. The maximum atomic E-state index is 6.22. The monoisotopic (exact) mass is 280 g/mol. The van der Waals surface area contributed by atoms with Crippen LogP contribution in [0.3, 0.4) is 0 Å². The van der Waals surface area contributed by atoms with Gasteiger partial charge in [-0.1, -0.05) is 42.3 Å². The van der Waals surface area contributed by atoms with Crippen LogP contribution in [0.2, 0.25) is 10.2 Å². The smallest absolute Gasteiger partial charge is 0.136 e. The molecule has 0 spiro atoms. The average Bonchev–Trinajstić information content (AvgIpc) is 2.35. The van der Waals surface area contributed by atoms with Gasteiger partial charge in [-0.3, -0.25) is 0 Å². The second-order valence-corrected chi connectivity index (χ2v) is 4.95. The van der Waals surface area contributed by atoms with Gasteiger partial charge in [-0.2, -0.15) is 0 Å². The summed E-state index contributed by atoms with van der Waals surface area (Å²) < 4.78 is 0. The number of benzene rings is 1. The summed E-state index contributed by atoms with van der Waals surface area (Å²) in [5.74, 6) is 0.789. The Morgan fingerprint density at radius 1 is 1.06 bits per heavy atom. The molecule has 0 radical (unpaired) electrons. The molecule has 0 amide bonds. The van der Waals surface area contributed by atoms with Crippen molar-refractivity contribution in [3.8, 4) is 0 Å². The van der Waals surface area contributed by atoms with Gasteiger partial charge in [0.15, 0.2) is 0 Å².